The summed E-state index contributed by atoms with van der Waals surface area (Å²) in [6.45, 7) is 0. The molecule has 0 saturated carbocycles. The Labute approximate surface area is 118 Å². The summed E-state index contributed by atoms with van der Waals surface area (Å²) in [5.74, 6) is 0.672. The number of H-pyrrole nitrogens is 1. The molecule has 0 radical (unpaired) electrons. The number of rotatable bonds is 3. The maximum atomic E-state index is 12.0. The molecule has 0 aliphatic heterocycles. The summed E-state index contributed by atoms with van der Waals surface area (Å²) in [7, 11) is 1.60. The molecular formula is C13H12N4O2S. The molecule has 0 spiro atoms. The van der Waals surface area contributed by atoms with Crippen molar-refractivity contribution in [1.29, 1.82) is 0 Å². The van der Waals surface area contributed by atoms with Crippen LogP contribution in [-0.4, -0.2) is 33.1 Å². The number of aromatic nitrogens is 4. The molecule has 0 atom stereocenters. The van der Waals surface area contributed by atoms with Crippen LogP contribution in [-0.2, 0) is 0 Å². The van der Waals surface area contributed by atoms with Gasteiger partial charge in [0.25, 0.3) is 5.56 Å². The predicted octanol–water partition coefficient (Wildman–Crippen LogP) is 1.84. The van der Waals surface area contributed by atoms with Crippen LogP contribution in [0.4, 0.5) is 0 Å². The van der Waals surface area contributed by atoms with E-state index in [1.807, 2.05) is 30.5 Å². The number of para-hydroxylation sites is 2. The van der Waals surface area contributed by atoms with Crippen LogP contribution in [0.15, 0.2) is 40.4 Å². The highest BCUT2D eigenvalue weighted by atomic mass is 32.2. The minimum Gasteiger partial charge on any atom is -0.494 e. The summed E-state index contributed by atoms with van der Waals surface area (Å²) in [4.78, 5) is 19.1. The Bertz CT molecular complexity index is 825. The van der Waals surface area contributed by atoms with Gasteiger partial charge in [0.05, 0.1) is 13.3 Å². The topological polar surface area (TPSA) is 72.8 Å². The van der Waals surface area contributed by atoms with Crippen molar-refractivity contribution >= 4 is 22.8 Å². The summed E-state index contributed by atoms with van der Waals surface area (Å²) >= 11 is 1.38. The number of ether oxygens (including phenoxy) is 1. The van der Waals surface area contributed by atoms with Gasteiger partial charge < -0.3 is 9.72 Å². The number of nitrogens with zero attached hydrogens (tertiary/aromatic N) is 3. The van der Waals surface area contributed by atoms with Gasteiger partial charge >= 0.3 is 0 Å². The first kappa shape index (κ1) is 12.7. The Hall–Kier alpha value is -2.28. The summed E-state index contributed by atoms with van der Waals surface area (Å²) < 4.78 is 6.94. The molecule has 102 valence electrons. The molecule has 1 aromatic carbocycles. The molecule has 0 amide bonds. The van der Waals surface area contributed by atoms with Crippen molar-refractivity contribution < 1.29 is 4.74 Å². The molecule has 2 heterocycles. The van der Waals surface area contributed by atoms with Gasteiger partial charge in [-0.1, -0.05) is 23.9 Å². The molecule has 2 aromatic heterocycles. The van der Waals surface area contributed by atoms with Crippen LogP contribution in [0.1, 0.15) is 0 Å². The van der Waals surface area contributed by atoms with Crippen molar-refractivity contribution in [3.8, 4) is 11.4 Å². The number of thioether (sulfide) groups is 1. The molecule has 3 aromatic rings. The maximum absolute atomic E-state index is 12.0. The zero-order valence-corrected chi connectivity index (χ0v) is 11.8. The van der Waals surface area contributed by atoms with Crippen LogP contribution < -0.4 is 10.3 Å². The summed E-state index contributed by atoms with van der Waals surface area (Å²) in [5.41, 5.74) is 1.07. The van der Waals surface area contributed by atoms with E-state index >= 15 is 0 Å². The van der Waals surface area contributed by atoms with Crippen LogP contribution in [0.2, 0.25) is 0 Å². The third-order valence-corrected chi connectivity index (χ3v) is 3.50. The maximum Gasteiger partial charge on any atom is 0.262 e. The fourth-order valence-electron chi connectivity index (χ4n) is 1.98. The number of fused-ring (bicyclic) bond motifs is 1. The third kappa shape index (κ3) is 1.96. The Balaban J connectivity index is 2.32. The third-order valence-electron chi connectivity index (χ3n) is 2.92. The van der Waals surface area contributed by atoms with E-state index in [-0.39, 0.29) is 5.56 Å². The van der Waals surface area contributed by atoms with Gasteiger partial charge in [-0.2, -0.15) is 5.10 Å². The first-order chi connectivity index (χ1) is 9.74. The Morgan fingerprint density at radius 3 is 2.90 bits per heavy atom. The number of hydrogen-bond donors (Lipinski definition) is 1. The number of nitrogens with one attached hydrogen (secondary N) is 1. The van der Waals surface area contributed by atoms with Gasteiger partial charge in [-0.05, 0) is 18.4 Å². The van der Waals surface area contributed by atoms with Crippen molar-refractivity contribution in [2.75, 3.05) is 13.4 Å². The molecule has 0 saturated heterocycles. The van der Waals surface area contributed by atoms with E-state index in [1.54, 1.807) is 11.8 Å². The van der Waals surface area contributed by atoms with Crippen LogP contribution in [0, 0.1) is 0 Å². The SMILES string of the molecule is COc1ccccc1-n1ncc2c(=O)[nH]c(SC)nc21. The quantitative estimate of drug-likeness (QED) is 0.588. The number of methoxy groups -OCH3 is 1. The lowest BCUT2D eigenvalue weighted by atomic mass is 10.3. The highest BCUT2D eigenvalue weighted by Gasteiger charge is 2.13. The number of benzene rings is 1. The van der Waals surface area contributed by atoms with Crippen molar-refractivity contribution in [3.63, 3.8) is 0 Å². The largest absolute Gasteiger partial charge is 0.494 e. The molecule has 1 N–H and O–H groups in total. The van der Waals surface area contributed by atoms with E-state index in [4.69, 9.17) is 4.74 Å². The second-order valence-corrected chi connectivity index (χ2v) is 4.84. The van der Waals surface area contributed by atoms with Crippen LogP contribution in [0.5, 0.6) is 5.75 Å². The minimum absolute atomic E-state index is 0.194. The first-order valence-electron chi connectivity index (χ1n) is 5.90. The lowest BCUT2D eigenvalue weighted by Gasteiger charge is -2.08. The van der Waals surface area contributed by atoms with Gasteiger partial charge in [-0.15, -0.1) is 0 Å². The molecule has 20 heavy (non-hydrogen) atoms. The van der Waals surface area contributed by atoms with Crippen molar-refractivity contribution in [2.45, 2.75) is 5.16 Å². The van der Waals surface area contributed by atoms with E-state index in [1.165, 1.54) is 18.0 Å². The molecule has 0 aliphatic carbocycles. The molecule has 7 heteroatoms. The zero-order valence-electron chi connectivity index (χ0n) is 11.0. The molecular weight excluding hydrogens is 276 g/mol. The molecule has 3 rings (SSSR count). The van der Waals surface area contributed by atoms with Gasteiger partial charge in [-0.3, -0.25) is 4.79 Å². The Morgan fingerprint density at radius 2 is 2.15 bits per heavy atom. The van der Waals surface area contributed by atoms with E-state index in [0.717, 1.165) is 5.69 Å². The highest BCUT2D eigenvalue weighted by Crippen LogP contribution is 2.24. The van der Waals surface area contributed by atoms with Crippen molar-refractivity contribution in [2.24, 2.45) is 0 Å². The summed E-state index contributed by atoms with van der Waals surface area (Å²) in [6, 6.07) is 7.47. The molecule has 0 bridgehead atoms. The Morgan fingerprint density at radius 1 is 1.35 bits per heavy atom. The normalized spacial score (nSPS) is 10.9. The summed E-state index contributed by atoms with van der Waals surface area (Å²) in [5, 5.41) is 5.26. The fourth-order valence-corrected chi connectivity index (χ4v) is 2.35. The first-order valence-corrected chi connectivity index (χ1v) is 7.12. The highest BCUT2D eigenvalue weighted by molar-refractivity contribution is 7.98. The Kier molecular flexibility index (Phi) is 3.19. The number of aromatic amines is 1. The second-order valence-electron chi connectivity index (χ2n) is 4.04. The average Bonchev–Trinajstić information content (AvgIpc) is 2.91. The van der Waals surface area contributed by atoms with E-state index < -0.39 is 0 Å². The van der Waals surface area contributed by atoms with Gasteiger partial charge in [0.2, 0.25) is 0 Å². The monoisotopic (exact) mass is 288 g/mol. The van der Waals surface area contributed by atoms with Crippen LogP contribution in [0.25, 0.3) is 16.7 Å². The molecule has 0 aliphatic rings. The predicted molar refractivity (Wildman–Crippen MR) is 77.8 cm³/mol. The molecule has 0 fully saturated rings. The zero-order chi connectivity index (χ0) is 14.1. The fraction of sp³-hybridized carbons (Fsp3) is 0.154. The number of hydrogen-bond acceptors (Lipinski definition) is 5. The van der Waals surface area contributed by atoms with Gasteiger partial charge in [-0.25, -0.2) is 9.67 Å². The minimum atomic E-state index is -0.194. The average molecular weight is 288 g/mol. The van der Waals surface area contributed by atoms with E-state index in [9.17, 15) is 4.79 Å². The smallest absolute Gasteiger partial charge is 0.262 e. The van der Waals surface area contributed by atoms with Gasteiger partial charge in [0, 0.05) is 0 Å². The van der Waals surface area contributed by atoms with Gasteiger partial charge in [0.15, 0.2) is 10.8 Å². The lowest BCUT2D eigenvalue weighted by molar-refractivity contribution is 0.412. The van der Waals surface area contributed by atoms with E-state index in [0.29, 0.717) is 21.9 Å². The van der Waals surface area contributed by atoms with Crippen molar-refractivity contribution in [3.05, 3.63) is 40.8 Å². The summed E-state index contributed by atoms with van der Waals surface area (Å²) in [6.07, 6.45) is 3.37. The van der Waals surface area contributed by atoms with E-state index in [2.05, 4.69) is 15.1 Å². The van der Waals surface area contributed by atoms with Crippen LogP contribution >= 0.6 is 11.8 Å². The molecule has 0 unspecified atom stereocenters. The molecule has 6 nitrogen and oxygen atoms in total. The standard InChI is InChI=1S/C13H12N4O2S/c1-19-10-6-4-3-5-9(10)17-11-8(7-14-17)12(18)16-13(15-11)20-2/h3-7H,1-2H3,(H,15,16,18). The second kappa shape index (κ2) is 5.01. The van der Waals surface area contributed by atoms with Crippen molar-refractivity contribution in [1.82, 2.24) is 19.7 Å². The van der Waals surface area contributed by atoms with Gasteiger partial charge in [0.1, 0.15) is 16.8 Å². The lowest BCUT2D eigenvalue weighted by Crippen LogP contribution is -2.09. The van der Waals surface area contributed by atoms with Crippen LogP contribution in [0.3, 0.4) is 0 Å².